The maximum absolute atomic E-state index is 13.5. The van der Waals surface area contributed by atoms with Gasteiger partial charge in [0.25, 0.3) is 5.91 Å². The van der Waals surface area contributed by atoms with Gasteiger partial charge in [-0.05, 0) is 68.8 Å². The van der Waals surface area contributed by atoms with E-state index in [1.165, 1.54) is 5.56 Å². The third-order valence-corrected chi connectivity index (χ3v) is 6.41. The predicted molar refractivity (Wildman–Crippen MR) is 124 cm³/mol. The highest BCUT2D eigenvalue weighted by Crippen LogP contribution is 2.31. The van der Waals surface area contributed by atoms with Crippen LogP contribution in [0.25, 0.3) is 16.9 Å². The van der Waals surface area contributed by atoms with Crippen LogP contribution in [-0.2, 0) is 0 Å². The Morgan fingerprint density at radius 3 is 2.23 bits per heavy atom. The zero-order valence-electron chi connectivity index (χ0n) is 18.9. The second kappa shape index (κ2) is 8.98. The average Bonchev–Trinajstić information content (AvgIpc) is 3.16. The van der Waals surface area contributed by atoms with Crippen LogP contribution in [0, 0.1) is 13.8 Å². The van der Waals surface area contributed by atoms with Crippen LogP contribution in [0.15, 0.2) is 54.6 Å². The van der Waals surface area contributed by atoms with Crippen molar-refractivity contribution in [1.82, 2.24) is 9.47 Å². The van der Waals surface area contributed by atoms with Crippen LogP contribution in [0.5, 0.6) is 5.75 Å². The molecule has 0 bridgehead atoms. The molecule has 4 rings (SSSR count). The summed E-state index contributed by atoms with van der Waals surface area (Å²) in [7, 11) is 1.67. The number of aryl methyl sites for hydroxylation is 1. The lowest BCUT2D eigenvalue weighted by Crippen LogP contribution is -3.14. The number of rotatable bonds is 5. The van der Waals surface area contributed by atoms with Crippen LogP contribution in [0.2, 0.25) is 0 Å². The molecule has 162 valence electrons. The molecular formula is C26H32N3O2+. The Kier molecular flexibility index (Phi) is 6.14. The Balaban J connectivity index is 1.76. The van der Waals surface area contributed by atoms with Gasteiger partial charge >= 0.3 is 0 Å². The van der Waals surface area contributed by atoms with Gasteiger partial charge in [0.05, 0.1) is 51.1 Å². The van der Waals surface area contributed by atoms with E-state index in [1.54, 1.807) is 12.0 Å². The summed E-state index contributed by atoms with van der Waals surface area (Å²) in [6.07, 6.45) is 0. The first kappa shape index (κ1) is 21.2. The summed E-state index contributed by atoms with van der Waals surface area (Å²) >= 11 is 0. The zero-order valence-corrected chi connectivity index (χ0v) is 18.9. The molecule has 5 heteroatoms. The number of nitrogens with zero attached hydrogens (tertiary/aromatic N) is 2. The summed E-state index contributed by atoms with van der Waals surface area (Å²) in [5, 5.41) is 0. The molecule has 1 N–H and O–H groups in total. The van der Waals surface area contributed by atoms with Gasteiger partial charge in [0.15, 0.2) is 0 Å². The second-order valence-corrected chi connectivity index (χ2v) is 8.32. The number of benzene rings is 2. The number of hydrogen-bond donors (Lipinski definition) is 1. The van der Waals surface area contributed by atoms with E-state index < -0.39 is 0 Å². The second-order valence-electron chi connectivity index (χ2n) is 8.32. The molecule has 31 heavy (non-hydrogen) atoms. The van der Waals surface area contributed by atoms with E-state index in [-0.39, 0.29) is 5.91 Å². The van der Waals surface area contributed by atoms with E-state index in [0.717, 1.165) is 66.7 Å². The molecule has 2 aromatic carbocycles. The van der Waals surface area contributed by atoms with Gasteiger partial charge in [-0.2, -0.15) is 0 Å². The first-order valence-electron chi connectivity index (χ1n) is 11.1. The Bertz CT molecular complexity index is 1040. The van der Waals surface area contributed by atoms with Crippen molar-refractivity contribution in [2.75, 3.05) is 39.8 Å². The Labute approximate surface area is 184 Å². The number of carbonyl (C=O) groups excluding carboxylic acids is 1. The molecule has 5 nitrogen and oxygen atoms in total. The zero-order chi connectivity index (χ0) is 22.0. The lowest BCUT2D eigenvalue weighted by atomic mass is 10.1. The van der Waals surface area contributed by atoms with Crippen molar-refractivity contribution in [3.63, 3.8) is 0 Å². The van der Waals surface area contributed by atoms with E-state index in [4.69, 9.17) is 4.74 Å². The quantitative estimate of drug-likeness (QED) is 0.692. The Hall–Kier alpha value is -3.05. The van der Waals surface area contributed by atoms with Crippen LogP contribution in [0.3, 0.4) is 0 Å². The minimum atomic E-state index is 0.133. The minimum Gasteiger partial charge on any atom is -0.497 e. The van der Waals surface area contributed by atoms with Gasteiger partial charge in [0.2, 0.25) is 0 Å². The van der Waals surface area contributed by atoms with Gasteiger partial charge < -0.3 is 19.1 Å². The normalized spacial score (nSPS) is 14.6. The fourth-order valence-electron chi connectivity index (χ4n) is 4.37. The van der Waals surface area contributed by atoms with Gasteiger partial charge in [-0.25, -0.2) is 0 Å². The fraction of sp³-hybridized carbons (Fsp3) is 0.346. The summed E-state index contributed by atoms with van der Waals surface area (Å²) < 4.78 is 7.52. The first-order chi connectivity index (χ1) is 15.0. The maximum atomic E-state index is 13.5. The number of carbonyl (C=O) groups is 1. The molecule has 0 radical (unpaired) electrons. The summed E-state index contributed by atoms with van der Waals surface area (Å²) in [6.45, 7) is 11.1. The van der Waals surface area contributed by atoms with Crippen LogP contribution in [0.1, 0.15) is 28.5 Å². The number of amides is 1. The minimum absolute atomic E-state index is 0.133. The summed E-state index contributed by atoms with van der Waals surface area (Å²) in [4.78, 5) is 17.1. The topological polar surface area (TPSA) is 38.9 Å². The average molecular weight is 419 g/mol. The molecule has 3 aromatic rings. The molecule has 0 atom stereocenters. The van der Waals surface area contributed by atoms with E-state index >= 15 is 0 Å². The Morgan fingerprint density at radius 1 is 1.00 bits per heavy atom. The number of hydrogen-bond acceptors (Lipinski definition) is 2. The molecule has 1 saturated heterocycles. The highest BCUT2D eigenvalue weighted by Gasteiger charge is 2.27. The molecule has 0 unspecified atom stereocenters. The van der Waals surface area contributed by atoms with Crippen molar-refractivity contribution in [3.05, 3.63) is 71.4 Å². The van der Waals surface area contributed by atoms with Crippen molar-refractivity contribution in [1.29, 1.82) is 0 Å². The van der Waals surface area contributed by atoms with Crippen LogP contribution in [-0.4, -0.2) is 55.2 Å². The van der Waals surface area contributed by atoms with Crippen molar-refractivity contribution >= 4 is 5.91 Å². The molecule has 0 aliphatic carbocycles. The molecule has 0 saturated carbocycles. The largest absolute Gasteiger partial charge is 0.497 e. The van der Waals surface area contributed by atoms with Gasteiger partial charge in [-0.3, -0.25) is 4.79 Å². The van der Waals surface area contributed by atoms with Crippen molar-refractivity contribution in [3.8, 4) is 22.7 Å². The molecule has 0 spiro atoms. The monoisotopic (exact) mass is 418 g/mol. The van der Waals surface area contributed by atoms with E-state index in [1.807, 2.05) is 24.0 Å². The number of likely N-dealkylation sites (N-methyl/N-ethyl adjacent to an activating group) is 1. The highest BCUT2D eigenvalue weighted by atomic mass is 16.5. The first-order valence-corrected chi connectivity index (χ1v) is 11.1. The molecule has 1 aliphatic rings. The number of methoxy groups -OCH3 is 1. The third-order valence-electron chi connectivity index (χ3n) is 6.41. The standard InChI is InChI=1S/C26H31N3O2/c1-5-27-14-16-28(17-15-27)26(30)24-18-25(21-8-12-23(31-4)13-9-21)29(20(24)3)22-10-6-19(2)7-11-22/h6-13,18H,5,14-17H2,1-4H3/p+1. The smallest absolute Gasteiger partial charge is 0.256 e. The molecule has 2 heterocycles. The fourth-order valence-corrected chi connectivity index (χ4v) is 4.37. The summed E-state index contributed by atoms with van der Waals surface area (Å²) in [5.41, 5.74) is 6.12. The SMILES string of the molecule is CC[NH+]1CCN(C(=O)c2cc(-c3ccc(OC)cc3)n(-c3ccc(C)cc3)c2C)CC1. The van der Waals surface area contributed by atoms with Gasteiger partial charge in [0, 0.05) is 11.4 Å². The van der Waals surface area contributed by atoms with E-state index in [9.17, 15) is 4.79 Å². The van der Waals surface area contributed by atoms with E-state index in [2.05, 4.69) is 60.9 Å². The van der Waals surface area contributed by atoms with Gasteiger partial charge in [0.1, 0.15) is 5.75 Å². The van der Waals surface area contributed by atoms with Crippen molar-refractivity contribution in [2.45, 2.75) is 20.8 Å². The predicted octanol–water partition coefficient (Wildman–Crippen LogP) is 3.13. The number of aromatic nitrogens is 1. The van der Waals surface area contributed by atoms with E-state index in [0.29, 0.717) is 0 Å². The lowest BCUT2D eigenvalue weighted by Gasteiger charge is -2.31. The van der Waals surface area contributed by atoms with Gasteiger partial charge in [-0.15, -0.1) is 0 Å². The van der Waals surface area contributed by atoms with Gasteiger partial charge in [-0.1, -0.05) is 17.7 Å². The molecule has 1 fully saturated rings. The number of nitrogens with one attached hydrogen (secondary N) is 1. The van der Waals surface area contributed by atoms with Crippen LogP contribution < -0.4 is 9.64 Å². The number of piperazine rings is 1. The Morgan fingerprint density at radius 2 is 1.65 bits per heavy atom. The lowest BCUT2D eigenvalue weighted by molar-refractivity contribution is -0.902. The summed E-state index contributed by atoms with van der Waals surface area (Å²) in [6, 6.07) is 18.5. The maximum Gasteiger partial charge on any atom is 0.256 e. The molecule has 1 aromatic heterocycles. The number of quaternary nitrogens is 1. The molecule has 1 amide bonds. The molecule has 1 aliphatic heterocycles. The van der Waals surface area contributed by atoms with Crippen molar-refractivity contribution < 1.29 is 14.4 Å². The highest BCUT2D eigenvalue weighted by molar-refractivity contribution is 5.97. The third kappa shape index (κ3) is 4.23. The van der Waals surface area contributed by atoms with Crippen molar-refractivity contribution in [2.24, 2.45) is 0 Å². The number of ether oxygens (including phenoxy) is 1. The molecular weight excluding hydrogens is 386 g/mol. The van der Waals surface area contributed by atoms with Crippen LogP contribution >= 0.6 is 0 Å². The summed E-state index contributed by atoms with van der Waals surface area (Å²) in [5.74, 6) is 0.954. The van der Waals surface area contributed by atoms with Crippen LogP contribution in [0.4, 0.5) is 0 Å².